The maximum atomic E-state index is 12.2. The van der Waals surface area contributed by atoms with E-state index >= 15 is 0 Å². The van der Waals surface area contributed by atoms with E-state index in [0.29, 0.717) is 10.0 Å². The summed E-state index contributed by atoms with van der Waals surface area (Å²) in [5.74, 6) is -0.194. The maximum Gasteiger partial charge on any atom is 0.253 e. The Labute approximate surface area is 163 Å². The van der Waals surface area contributed by atoms with Crippen molar-refractivity contribution in [2.75, 3.05) is 0 Å². The van der Waals surface area contributed by atoms with Gasteiger partial charge in [-0.15, -0.1) is 11.3 Å². The molecule has 2 aromatic carbocycles. The van der Waals surface area contributed by atoms with Gasteiger partial charge in [0.15, 0.2) is 4.34 Å². The second-order valence-electron chi connectivity index (χ2n) is 5.12. The molecule has 4 nitrogen and oxygen atoms in total. The third-order valence-corrected chi connectivity index (χ3v) is 6.22. The summed E-state index contributed by atoms with van der Waals surface area (Å²) in [7, 11) is 0. The number of benzene rings is 2. The molecular weight excluding hydrogens is 397 g/mol. The van der Waals surface area contributed by atoms with Crippen molar-refractivity contribution in [1.82, 2.24) is 10.4 Å². The normalized spacial score (nSPS) is 12.6. The monoisotopic (exact) mass is 409 g/mol. The zero-order valence-corrected chi connectivity index (χ0v) is 16.2. The Morgan fingerprint density at radius 1 is 1.28 bits per heavy atom. The van der Waals surface area contributed by atoms with Crippen LogP contribution in [0.2, 0.25) is 10.0 Å². The smallest absolute Gasteiger partial charge is 0.253 e. The summed E-state index contributed by atoms with van der Waals surface area (Å²) in [6, 6.07) is 13.0. The molecule has 0 saturated heterocycles. The number of thiazole rings is 1. The van der Waals surface area contributed by atoms with E-state index in [4.69, 9.17) is 23.2 Å². The molecular formula is C17H13Cl2N3OS2. The fourth-order valence-corrected chi connectivity index (χ4v) is 4.47. The standard InChI is InChI=1S/C17H13Cl2N3OS2/c1-10(24-17-21-14-4-2-3-5-15(14)25-17)16(23)22-20-9-11-6-7-12(18)13(19)8-11/h2-10H,1H3,(H,22,23)/b20-9-/t10-/m0/s1. The van der Waals surface area contributed by atoms with Crippen molar-refractivity contribution in [2.45, 2.75) is 16.5 Å². The summed E-state index contributed by atoms with van der Waals surface area (Å²) in [6.45, 7) is 1.82. The molecule has 1 N–H and O–H groups in total. The van der Waals surface area contributed by atoms with E-state index in [9.17, 15) is 4.79 Å². The van der Waals surface area contributed by atoms with Crippen LogP contribution in [0.1, 0.15) is 12.5 Å². The van der Waals surface area contributed by atoms with Crippen LogP contribution in [0.3, 0.4) is 0 Å². The van der Waals surface area contributed by atoms with E-state index in [1.807, 2.05) is 31.2 Å². The van der Waals surface area contributed by atoms with Crippen molar-refractivity contribution in [3.63, 3.8) is 0 Å². The number of thioether (sulfide) groups is 1. The lowest BCUT2D eigenvalue weighted by molar-refractivity contribution is -0.120. The minimum atomic E-state index is -0.313. The molecule has 1 atom stereocenters. The highest BCUT2D eigenvalue weighted by Gasteiger charge is 2.16. The van der Waals surface area contributed by atoms with E-state index < -0.39 is 0 Å². The number of aromatic nitrogens is 1. The minimum Gasteiger partial charge on any atom is -0.272 e. The van der Waals surface area contributed by atoms with Crippen LogP contribution in [0.5, 0.6) is 0 Å². The van der Waals surface area contributed by atoms with Gasteiger partial charge in [-0.05, 0) is 36.8 Å². The Balaban J connectivity index is 1.58. The van der Waals surface area contributed by atoms with Crippen molar-refractivity contribution >= 4 is 68.6 Å². The number of halogens is 2. The van der Waals surface area contributed by atoms with Crippen LogP contribution < -0.4 is 5.43 Å². The average molecular weight is 410 g/mol. The molecule has 25 heavy (non-hydrogen) atoms. The van der Waals surface area contributed by atoms with Gasteiger partial charge in [0.05, 0.1) is 31.7 Å². The van der Waals surface area contributed by atoms with Crippen molar-refractivity contribution in [3.8, 4) is 0 Å². The Kier molecular flexibility index (Phi) is 5.96. The first-order valence-corrected chi connectivity index (χ1v) is 9.78. The van der Waals surface area contributed by atoms with E-state index in [2.05, 4.69) is 15.5 Å². The van der Waals surface area contributed by atoms with Crippen molar-refractivity contribution in [2.24, 2.45) is 5.10 Å². The van der Waals surface area contributed by atoms with Gasteiger partial charge in [-0.25, -0.2) is 10.4 Å². The molecule has 128 valence electrons. The number of nitrogens with one attached hydrogen (secondary N) is 1. The number of para-hydroxylation sites is 1. The summed E-state index contributed by atoms with van der Waals surface area (Å²) in [6.07, 6.45) is 1.52. The van der Waals surface area contributed by atoms with Gasteiger partial charge in [-0.1, -0.05) is 53.2 Å². The number of amides is 1. The fraction of sp³-hybridized carbons (Fsp3) is 0.118. The molecule has 1 aromatic heterocycles. The Morgan fingerprint density at radius 2 is 2.08 bits per heavy atom. The quantitative estimate of drug-likeness (QED) is 0.356. The van der Waals surface area contributed by atoms with E-state index in [1.54, 1.807) is 29.5 Å². The maximum absolute atomic E-state index is 12.2. The van der Waals surface area contributed by atoms with Crippen LogP contribution in [0.15, 0.2) is 51.9 Å². The first-order valence-electron chi connectivity index (χ1n) is 7.33. The zero-order valence-electron chi connectivity index (χ0n) is 13.1. The van der Waals surface area contributed by atoms with Gasteiger partial charge in [0.25, 0.3) is 5.91 Å². The highest BCUT2D eigenvalue weighted by atomic mass is 35.5. The van der Waals surface area contributed by atoms with Gasteiger partial charge in [0.1, 0.15) is 0 Å². The van der Waals surface area contributed by atoms with Crippen LogP contribution in [0.4, 0.5) is 0 Å². The van der Waals surface area contributed by atoms with E-state index in [0.717, 1.165) is 20.1 Å². The van der Waals surface area contributed by atoms with Gasteiger partial charge in [-0.3, -0.25) is 4.79 Å². The highest BCUT2D eigenvalue weighted by Crippen LogP contribution is 2.31. The Morgan fingerprint density at radius 3 is 2.84 bits per heavy atom. The number of fused-ring (bicyclic) bond motifs is 1. The molecule has 3 aromatic rings. The fourth-order valence-electron chi connectivity index (χ4n) is 1.96. The predicted molar refractivity (Wildman–Crippen MR) is 107 cm³/mol. The zero-order chi connectivity index (χ0) is 17.8. The van der Waals surface area contributed by atoms with Crippen molar-refractivity contribution < 1.29 is 4.79 Å². The molecule has 0 unspecified atom stereocenters. The summed E-state index contributed by atoms with van der Waals surface area (Å²) in [5, 5.41) is 4.56. The molecule has 0 bridgehead atoms. The number of hydrazone groups is 1. The lowest BCUT2D eigenvalue weighted by atomic mass is 10.2. The van der Waals surface area contributed by atoms with Crippen LogP contribution >= 0.6 is 46.3 Å². The number of rotatable bonds is 5. The molecule has 0 saturated carbocycles. The second kappa shape index (κ2) is 8.19. The summed E-state index contributed by atoms with van der Waals surface area (Å²) in [5.41, 5.74) is 4.23. The van der Waals surface area contributed by atoms with Crippen LogP contribution in [-0.2, 0) is 4.79 Å². The lowest BCUT2D eigenvalue weighted by Gasteiger charge is -2.06. The third-order valence-electron chi connectivity index (χ3n) is 3.25. The van der Waals surface area contributed by atoms with E-state index in [1.165, 1.54) is 18.0 Å². The number of carbonyl (C=O) groups is 1. The van der Waals surface area contributed by atoms with Crippen molar-refractivity contribution in [1.29, 1.82) is 0 Å². The second-order valence-corrected chi connectivity index (χ2v) is 8.55. The Bertz CT molecular complexity index is 910. The minimum absolute atomic E-state index is 0.194. The highest BCUT2D eigenvalue weighted by molar-refractivity contribution is 8.02. The largest absolute Gasteiger partial charge is 0.272 e. The summed E-state index contributed by atoms with van der Waals surface area (Å²) >= 11 is 14.8. The SMILES string of the molecule is C[C@H](Sc1nc2ccccc2s1)C(=O)N/N=C\c1ccc(Cl)c(Cl)c1. The van der Waals surface area contributed by atoms with Crippen LogP contribution in [-0.4, -0.2) is 22.4 Å². The molecule has 0 spiro atoms. The summed E-state index contributed by atoms with van der Waals surface area (Å²) < 4.78 is 1.97. The molecule has 3 rings (SSSR count). The average Bonchev–Trinajstić information content (AvgIpc) is 3.00. The number of hydrogen-bond donors (Lipinski definition) is 1. The first kappa shape index (κ1) is 18.2. The number of carbonyl (C=O) groups excluding carboxylic acids is 1. The van der Waals surface area contributed by atoms with Crippen LogP contribution in [0, 0.1) is 0 Å². The topological polar surface area (TPSA) is 54.4 Å². The molecule has 1 amide bonds. The summed E-state index contributed by atoms with van der Waals surface area (Å²) in [4.78, 5) is 16.7. The molecule has 0 fully saturated rings. The molecule has 0 radical (unpaired) electrons. The number of nitrogens with zero attached hydrogens (tertiary/aromatic N) is 2. The molecule has 0 aliphatic carbocycles. The van der Waals surface area contributed by atoms with Gasteiger partial charge in [0, 0.05) is 0 Å². The molecule has 8 heteroatoms. The van der Waals surface area contributed by atoms with E-state index in [-0.39, 0.29) is 11.2 Å². The molecule has 0 aliphatic heterocycles. The van der Waals surface area contributed by atoms with Gasteiger partial charge in [0.2, 0.25) is 0 Å². The van der Waals surface area contributed by atoms with Gasteiger partial charge < -0.3 is 0 Å². The van der Waals surface area contributed by atoms with Crippen LogP contribution in [0.25, 0.3) is 10.2 Å². The predicted octanol–water partition coefficient (Wildman–Crippen LogP) is 5.23. The third kappa shape index (κ3) is 4.73. The molecule has 0 aliphatic rings. The molecule has 1 heterocycles. The lowest BCUT2D eigenvalue weighted by Crippen LogP contribution is -2.26. The van der Waals surface area contributed by atoms with Crippen molar-refractivity contribution in [3.05, 3.63) is 58.1 Å². The van der Waals surface area contributed by atoms with Gasteiger partial charge >= 0.3 is 0 Å². The first-order chi connectivity index (χ1) is 12.0. The van der Waals surface area contributed by atoms with Gasteiger partial charge in [-0.2, -0.15) is 5.10 Å². The Hall–Kier alpha value is -1.60. The number of hydrogen-bond acceptors (Lipinski definition) is 5.